The molecule has 15 heavy (non-hydrogen) atoms. The van der Waals surface area contributed by atoms with Crippen molar-refractivity contribution in [2.75, 3.05) is 13.9 Å². The number of methoxy groups -OCH3 is 1. The summed E-state index contributed by atoms with van der Waals surface area (Å²) < 4.78 is 9.66. The average molecular weight is 213 g/mol. The van der Waals surface area contributed by atoms with E-state index < -0.39 is 4.92 Å². The van der Waals surface area contributed by atoms with Crippen molar-refractivity contribution in [3.05, 3.63) is 33.9 Å². The summed E-state index contributed by atoms with van der Waals surface area (Å²) in [6, 6.07) is 4.17. The second-order valence-corrected chi connectivity index (χ2v) is 2.77. The summed E-state index contributed by atoms with van der Waals surface area (Å²) in [6.07, 6.45) is 0. The number of ether oxygens (including phenoxy) is 2. The van der Waals surface area contributed by atoms with Crippen LogP contribution in [0.1, 0.15) is 5.56 Å². The SMILES string of the molecule is COCOc1cc(CO)ccc1[N+](=O)[O-]. The third-order valence-electron chi connectivity index (χ3n) is 1.74. The lowest BCUT2D eigenvalue weighted by atomic mass is 10.2. The van der Waals surface area contributed by atoms with Crippen molar-refractivity contribution in [2.45, 2.75) is 6.61 Å². The van der Waals surface area contributed by atoms with Gasteiger partial charge in [-0.15, -0.1) is 0 Å². The molecule has 0 radical (unpaired) electrons. The van der Waals surface area contributed by atoms with Crippen molar-refractivity contribution in [3.63, 3.8) is 0 Å². The van der Waals surface area contributed by atoms with E-state index in [0.717, 1.165) is 0 Å². The Kier molecular flexibility index (Phi) is 4.02. The van der Waals surface area contributed by atoms with Crippen LogP contribution in [0.15, 0.2) is 18.2 Å². The van der Waals surface area contributed by atoms with E-state index in [1.54, 1.807) is 0 Å². The minimum atomic E-state index is -0.549. The van der Waals surface area contributed by atoms with E-state index in [9.17, 15) is 10.1 Å². The van der Waals surface area contributed by atoms with Gasteiger partial charge in [-0.1, -0.05) is 0 Å². The number of rotatable bonds is 5. The summed E-state index contributed by atoms with van der Waals surface area (Å²) in [5.41, 5.74) is 0.399. The summed E-state index contributed by atoms with van der Waals surface area (Å²) in [7, 11) is 1.42. The van der Waals surface area contributed by atoms with Gasteiger partial charge in [0.1, 0.15) is 0 Å². The van der Waals surface area contributed by atoms with Gasteiger partial charge in [0, 0.05) is 13.2 Å². The van der Waals surface area contributed by atoms with Crippen LogP contribution in [0.25, 0.3) is 0 Å². The smallest absolute Gasteiger partial charge is 0.311 e. The van der Waals surface area contributed by atoms with Gasteiger partial charge in [0.05, 0.1) is 11.5 Å². The van der Waals surface area contributed by atoms with Crippen LogP contribution in [0, 0.1) is 10.1 Å². The lowest BCUT2D eigenvalue weighted by molar-refractivity contribution is -0.386. The molecule has 0 saturated heterocycles. The molecule has 0 aliphatic rings. The lowest BCUT2D eigenvalue weighted by Crippen LogP contribution is -2.02. The standard InChI is InChI=1S/C9H11NO5/c1-14-6-15-9-4-7(5-11)2-3-8(9)10(12)13/h2-4,11H,5-6H2,1H3. The van der Waals surface area contributed by atoms with E-state index in [4.69, 9.17) is 9.84 Å². The number of nitro benzene ring substituents is 1. The Labute approximate surface area is 86.2 Å². The van der Waals surface area contributed by atoms with Crippen LogP contribution in [0.4, 0.5) is 5.69 Å². The zero-order valence-electron chi connectivity index (χ0n) is 8.17. The molecule has 0 aromatic heterocycles. The van der Waals surface area contributed by atoms with Crippen LogP contribution < -0.4 is 4.74 Å². The van der Waals surface area contributed by atoms with Crippen LogP contribution >= 0.6 is 0 Å². The van der Waals surface area contributed by atoms with Crippen molar-refractivity contribution in [3.8, 4) is 5.75 Å². The highest BCUT2D eigenvalue weighted by Crippen LogP contribution is 2.27. The second-order valence-electron chi connectivity index (χ2n) is 2.77. The summed E-state index contributed by atoms with van der Waals surface area (Å²) in [5.74, 6) is 0.0911. The topological polar surface area (TPSA) is 81.8 Å². The number of nitro groups is 1. The van der Waals surface area contributed by atoms with Crippen molar-refractivity contribution >= 4 is 5.69 Å². The molecule has 0 unspecified atom stereocenters. The molecule has 0 spiro atoms. The molecule has 82 valence electrons. The number of benzene rings is 1. The highest BCUT2D eigenvalue weighted by Gasteiger charge is 2.15. The Morgan fingerprint density at radius 1 is 1.53 bits per heavy atom. The molecule has 6 nitrogen and oxygen atoms in total. The molecule has 6 heteroatoms. The van der Waals surface area contributed by atoms with Gasteiger partial charge < -0.3 is 14.6 Å². The maximum atomic E-state index is 10.6. The van der Waals surface area contributed by atoms with Crippen molar-refractivity contribution in [2.24, 2.45) is 0 Å². The molecule has 0 saturated carbocycles. The van der Waals surface area contributed by atoms with Gasteiger partial charge in [-0.2, -0.15) is 0 Å². The van der Waals surface area contributed by atoms with Gasteiger partial charge in [-0.25, -0.2) is 0 Å². The normalized spacial score (nSPS) is 10.0. The van der Waals surface area contributed by atoms with Gasteiger partial charge in [0.15, 0.2) is 12.5 Å². The number of hydrogen-bond donors (Lipinski definition) is 1. The molecule has 1 aromatic rings. The van der Waals surface area contributed by atoms with E-state index in [-0.39, 0.29) is 24.8 Å². The molecule has 1 aromatic carbocycles. The van der Waals surface area contributed by atoms with Crippen molar-refractivity contribution in [1.29, 1.82) is 0 Å². The fourth-order valence-corrected chi connectivity index (χ4v) is 1.05. The Bertz CT molecular complexity index is 352. The van der Waals surface area contributed by atoms with Gasteiger partial charge in [-0.3, -0.25) is 10.1 Å². The van der Waals surface area contributed by atoms with Crippen LogP contribution in [0.2, 0.25) is 0 Å². The average Bonchev–Trinajstić information content (AvgIpc) is 2.25. The largest absolute Gasteiger partial charge is 0.460 e. The van der Waals surface area contributed by atoms with Gasteiger partial charge in [-0.05, 0) is 17.7 Å². The lowest BCUT2D eigenvalue weighted by Gasteiger charge is -2.06. The highest BCUT2D eigenvalue weighted by atomic mass is 16.7. The second kappa shape index (κ2) is 5.28. The van der Waals surface area contributed by atoms with E-state index in [2.05, 4.69) is 4.74 Å². The zero-order chi connectivity index (χ0) is 11.3. The fourth-order valence-electron chi connectivity index (χ4n) is 1.05. The van der Waals surface area contributed by atoms with Crippen molar-refractivity contribution in [1.82, 2.24) is 0 Å². The third kappa shape index (κ3) is 2.90. The van der Waals surface area contributed by atoms with Crippen molar-refractivity contribution < 1.29 is 19.5 Å². The zero-order valence-corrected chi connectivity index (χ0v) is 8.17. The molecule has 0 bridgehead atoms. The molecule has 1 rings (SSSR count). The Balaban J connectivity index is 2.99. The Morgan fingerprint density at radius 3 is 2.80 bits per heavy atom. The van der Waals surface area contributed by atoms with E-state index in [0.29, 0.717) is 5.56 Å². The summed E-state index contributed by atoms with van der Waals surface area (Å²) in [6.45, 7) is -0.267. The molecular weight excluding hydrogens is 202 g/mol. The maximum Gasteiger partial charge on any atom is 0.311 e. The minimum Gasteiger partial charge on any atom is -0.460 e. The summed E-state index contributed by atoms with van der Waals surface area (Å²) >= 11 is 0. The monoisotopic (exact) mass is 213 g/mol. The predicted octanol–water partition coefficient (Wildman–Crippen LogP) is 1.07. The summed E-state index contributed by atoms with van der Waals surface area (Å²) in [4.78, 5) is 10.1. The molecule has 1 N–H and O–H groups in total. The third-order valence-corrected chi connectivity index (χ3v) is 1.74. The van der Waals surface area contributed by atoms with Crippen LogP contribution in [-0.4, -0.2) is 23.9 Å². The Hall–Kier alpha value is -1.66. The van der Waals surface area contributed by atoms with Crippen LogP contribution in [0.3, 0.4) is 0 Å². The molecule has 0 aliphatic carbocycles. The first-order valence-corrected chi connectivity index (χ1v) is 4.19. The Morgan fingerprint density at radius 2 is 2.27 bits per heavy atom. The first kappa shape index (κ1) is 11.4. The van der Waals surface area contributed by atoms with Crippen LogP contribution in [0.5, 0.6) is 5.75 Å². The molecule has 0 aliphatic heterocycles. The number of nitrogens with zero attached hydrogens (tertiary/aromatic N) is 1. The molecule has 0 heterocycles. The van der Waals surface area contributed by atoms with Gasteiger partial charge in [0.25, 0.3) is 0 Å². The number of hydrogen-bond acceptors (Lipinski definition) is 5. The van der Waals surface area contributed by atoms with E-state index in [1.165, 1.54) is 25.3 Å². The highest BCUT2D eigenvalue weighted by molar-refractivity contribution is 5.48. The van der Waals surface area contributed by atoms with E-state index in [1.807, 2.05) is 0 Å². The minimum absolute atomic E-state index is 0.0737. The fraction of sp³-hybridized carbons (Fsp3) is 0.333. The number of aliphatic hydroxyl groups excluding tert-OH is 1. The quantitative estimate of drug-likeness (QED) is 0.449. The van der Waals surface area contributed by atoms with Crippen LogP contribution in [-0.2, 0) is 11.3 Å². The molecule has 0 amide bonds. The van der Waals surface area contributed by atoms with E-state index >= 15 is 0 Å². The number of aliphatic hydroxyl groups is 1. The van der Waals surface area contributed by atoms with Gasteiger partial charge >= 0.3 is 5.69 Å². The molecular formula is C9H11NO5. The maximum absolute atomic E-state index is 10.6. The van der Waals surface area contributed by atoms with Gasteiger partial charge in [0.2, 0.25) is 0 Å². The summed E-state index contributed by atoms with van der Waals surface area (Å²) in [5, 5.41) is 19.5. The molecule has 0 atom stereocenters. The first-order valence-electron chi connectivity index (χ1n) is 4.19. The first-order chi connectivity index (χ1) is 7.19. The predicted molar refractivity (Wildman–Crippen MR) is 51.5 cm³/mol. The molecule has 0 fully saturated rings.